The molecule has 0 bridgehead atoms. The van der Waals surface area contributed by atoms with Gasteiger partial charge in [0.15, 0.2) is 0 Å². The van der Waals surface area contributed by atoms with Gasteiger partial charge in [-0.3, -0.25) is 4.79 Å². The second-order valence-corrected chi connectivity index (χ2v) is 7.94. The molecule has 2 aliphatic rings. The lowest BCUT2D eigenvalue weighted by Gasteiger charge is -2.17. The summed E-state index contributed by atoms with van der Waals surface area (Å²) in [5.74, 6) is -0.276. The zero-order chi connectivity index (χ0) is 16.9. The van der Waals surface area contributed by atoms with Crippen molar-refractivity contribution in [1.82, 2.24) is 0 Å². The molecule has 124 valence electrons. The number of carboxylic acid groups (broad SMARTS) is 1. The van der Waals surface area contributed by atoms with Crippen molar-refractivity contribution in [1.29, 1.82) is 0 Å². The van der Waals surface area contributed by atoms with Gasteiger partial charge in [-0.15, -0.1) is 0 Å². The molecule has 2 aliphatic carbocycles. The van der Waals surface area contributed by atoms with E-state index in [-0.39, 0.29) is 12.5 Å². The summed E-state index contributed by atoms with van der Waals surface area (Å²) in [6.45, 7) is 0. The standard InChI is InChI=1S/C19H16Cl2O3/c20-19(21)11-18(19,17(22)23)13-6-8-14(9-7-13)24-16-10-5-12-3-1-2-4-15(12)16/h1-4,6-9,16H,5,10-11H2,(H,22,23). The number of hydrogen-bond acceptors (Lipinski definition) is 2. The van der Waals surface area contributed by atoms with Crippen LogP contribution in [0.3, 0.4) is 0 Å². The quantitative estimate of drug-likeness (QED) is 0.805. The molecule has 2 atom stereocenters. The number of benzene rings is 2. The van der Waals surface area contributed by atoms with Crippen LogP contribution < -0.4 is 4.74 Å². The van der Waals surface area contributed by atoms with Gasteiger partial charge in [0.25, 0.3) is 0 Å². The number of aryl methyl sites for hydroxylation is 1. The Bertz CT molecular complexity index is 801. The van der Waals surface area contributed by atoms with Crippen molar-refractivity contribution in [2.24, 2.45) is 0 Å². The van der Waals surface area contributed by atoms with E-state index in [1.807, 2.05) is 12.1 Å². The Labute approximate surface area is 150 Å². The van der Waals surface area contributed by atoms with Crippen LogP contribution in [0, 0.1) is 0 Å². The molecule has 0 spiro atoms. The molecule has 1 saturated carbocycles. The number of fused-ring (bicyclic) bond motifs is 1. The Hall–Kier alpha value is -1.71. The van der Waals surface area contributed by atoms with Crippen molar-refractivity contribution in [3.63, 3.8) is 0 Å². The largest absolute Gasteiger partial charge is 0.486 e. The molecule has 3 nitrogen and oxygen atoms in total. The number of aliphatic carboxylic acids is 1. The van der Waals surface area contributed by atoms with E-state index < -0.39 is 15.7 Å². The normalized spacial score (nSPS) is 26.7. The first kappa shape index (κ1) is 15.8. The number of alkyl halides is 2. The Kier molecular flexibility index (Phi) is 3.55. The fraction of sp³-hybridized carbons (Fsp3) is 0.316. The van der Waals surface area contributed by atoms with E-state index in [0.29, 0.717) is 5.56 Å². The lowest BCUT2D eigenvalue weighted by atomic mass is 9.96. The third kappa shape index (κ3) is 2.30. The maximum absolute atomic E-state index is 11.6. The molecule has 24 heavy (non-hydrogen) atoms. The molecule has 2 unspecified atom stereocenters. The molecule has 1 fully saturated rings. The van der Waals surface area contributed by atoms with Crippen LogP contribution in [0.25, 0.3) is 0 Å². The summed E-state index contributed by atoms with van der Waals surface area (Å²) in [6.07, 6.45) is 2.23. The molecule has 5 heteroatoms. The number of rotatable bonds is 4. The van der Waals surface area contributed by atoms with Gasteiger partial charge in [0.05, 0.1) is 0 Å². The third-order valence-electron chi connectivity index (χ3n) is 5.05. The molecule has 1 N–H and O–H groups in total. The summed E-state index contributed by atoms with van der Waals surface area (Å²) in [6, 6.07) is 15.4. The Balaban J connectivity index is 1.55. The average Bonchev–Trinajstić information content (AvgIpc) is 2.96. The maximum Gasteiger partial charge on any atom is 0.317 e. The van der Waals surface area contributed by atoms with Gasteiger partial charge in [-0.1, -0.05) is 59.6 Å². The Morgan fingerprint density at radius 2 is 1.79 bits per heavy atom. The van der Waals surface area contributed by atoms with Crippen molar-refractivity contribution < 1.29 is 14.6 Å². The summed E-state index contributed by atoms with van der Waals surface area (Å²) >= 11 is 12.2. The average molecular weight is 363 g/mol. The number of halogens is 2. The summed E-state index contributed by atoms with van der Waals surface area (Å²) in [5, 5.41) is 9.50. The number of carbonyl (C=O) groups is 1. The highest BCUT2D eigenvalue weighted by Crippen LogP contribution is 2.65. The molecule has 0 amide bonds. The first-order valence-corrected chi connectivity index (χ1v) is 8.66. The van der Waals surface area contributed by atoms with Crippen LogP contribution in [-0.4, -0.2) is 15.4 Å². The van der Waals surface area contributed by atoms with E-state index in [1.54, 1.807) is 24.3 Å². The minimum absolute atomic E-state index is 0.0431. The van der Waals surface area contributed by atoms with Gasteiger partial charge in [0.2, 0.25) is 0 Å². The Morgan fingerprint density at radius 3 is 2.42 bits per heavy atom. The highest BCUT2D eigenvalue weighted by Gasteiger charge is 2.72. The van der Waals surface area contributed by atoms with E-state index in [0.717, 1.165) is 18.6 Å². The lowest BCUT2D eigenvalue weighted by Crippen LogP contribution is -2.26. The summed E-state index contributed by atoms with van der Waals surface area (Å²) in [7, 11) is 0. The number of carboxylic acids is 1. The second-order valence-electron chi connectivity index (χ2n) is 6.46. The first-order chi connectivity index (χ1) is 11.4. The van der Waals surface area contributed by atoms with E-state index >= 15 is 0 Å². The molecular formula is C19H16Cl2O3. The number of hydrogen-bond donors (Lipinski definition) is 1. The fourth-order valence-electron chi connectivity index (χ4n) is 3.58. The van der Waals surface area contributed by atoms with Gasteiger partial charge >= 0.3 is 5.97 Å². The van der Waals surface area contributed by atoms with Crippen molar-refractivity contribution in [3.8, 4) is 5.75 Å². The monoisotopic (exact) mass is 362 g/mol. The Morgan fingerprint density at radius 1 is 1.12 bits per heavy atom. The number of ether oxygens (including phenoxy) is 1. The van der Waals surface area contributed by atoms with Gasteiger partial charge in [0, 0.05) is 6.42 Å². The van der Waals surface area contributed by atoms with Crippen LogP contribution in [0.1, 0.15) is 35.6 Å². The maximum atomic E-state index is 11.6. The van der Waals surface area contributed by atoms with E-state index in [2.05, 4.69) is 12.1 Å². The summed E-state index contributed by atoms with van der Waals surface area (Å²) in [5.41, 5.74) is 1.95. The van der Waals surface area contributed by atoms with Gasteiger partial charge < -0.3 is 9.84 Å². The van der Waals surface area contributed by atoms with Crippen LogP contribution in [0.5, 0.6) is 5.75 Å². The van der Waals surface area contributed by atoms with Gasteiger partial charge in [-0.2, -0.15) is 0 Å². The fourth-order valence-corrected chi connectivity index (χ4v) is 4.36. The van der Waals surface area contributed by atoms with Crippen LogP contribution in [0.4, 0.5) is 0 Å². The van der Waals surface area contributed by atoms with Crippen molar-refractivity contribution >= 4 is 29.2 Å². The summed E-state index contributed by atoms with van der Waals surface area (Å²) < 4.78 is 4.84. The smallest absolute Gasteiger partial charge is 0.317 e. The van der Waals surface area contributed by atoms with Gasteiger partial charge in [-0.05, 0) is 41.7 Å². The molecular weight excluding hydrogens is 347 g/mol. The molecule has 0 radical (unpaired) electrons. The molecule has 0 aliphatic heterocycles. The lowest BCUT2D eigenvalue weighted by molar-refractivity contribution is -0.140. The minimum atomic E-state index is -1.24. The zero-order valence-electron chi connectivity index (χ0n) is 12.8. The van der Waals surface area contributed by atoms with Crippen molar-refractivity contribution in [2.45, 2.75) is 35.1 Å². The van der Waals surface area contributed by atoms with Crippen LogP contribution >= 0.6 is 23.2 Å². The van der Waals surface area contributed by atoms with E-state index in [4.69, 9.17) is 27.9 Å². The highest BCUT2D eigenvalue weighted by atomic mass is 35.5. The molecule has 4 rings (SSSR count). The van der Waals surface area contributed by atoms with Crippen LogP contribution in [0.15, 0.2) is 48.5 Å². The second kappa shape index (κ2) is 5.40. The van der Waals surface area contributed by atoms with E-state index in [1.165, 1.54) is 11.1 Å². The zero-order valence-corrected chi connectivity index (χ0v) is 14.3. The molecule has 0 saturated heterocycles. The molecule has 2 aromatic rings. The van der Waals surface area contributed by atoms with Crippen LogP contribution in [-0.2, 0) is 16.6 Å². The van der Waals surface area contributed by atoms with Crippen molar-refractivity contribution in [3.05, 3.63) is 65.2 Å². The summed E-state index contributed by atoms with van der Waals surface area (Å²) in [4.78, 5) is 11.6. The minimum Gasteiger partial charge on any atom is -0.486 e. The molecule has 0 aromatic heterocycles. The highest BCUT2D eigenvalue weighted by molar-refractivity contribution is 6.54. The third-order valence-corrected chi connectivity index (χ3v) is 5.97. The topological polar surface area (TPSA) is 46.5 Å². The predicted molar refractivity (Wildman–Crippen MR) is 92.9 cm³/mol. The molecule has 2 aromatic carbocycles. The van der Waals surface area contributed by atoms with Crippen LogP contribution in [0.2, 0.25) is 0 Å². The van der Waals surface area contributed by atoms with Crippen molar-refractivity contribution in [2.75, 3.05) is 0 Å². The predicted octanol–water partition coefficient (Wildman–Crippen LogP) is 4.65. The van der Waals surface area contributed by atoms with Gasteiger partial charge in [-0.25, -0.2) is 0 Å². The molecule has 0 heterocycles. The SMILES string of the molecule is O=C(O)C1(c2ccc(OC3CCc4ccccc43)cc2)CC1(Cl)Cl. The van der Waals surface area contributed by atoms with E-state index in [9.17, 15) is 9.90 Å². The van der Waals surface area contributed by atoms with Gasteiger partial charge in [0.1, 0.15) is 21.6 Å². The first-order valence-electron chi connectivity index (χ1n) is 7.90.